The third-order valence-corrected chi connectivity index (χ3v) is 5.33. The van der Waals surface area contributed by atoms with Gasteiger partial charge in [0.25, 0.3) is 11.8 Å². The molecule has 2 aromatic rings. The second-order valence-corrected chi connectivity index (χ2v) is 8.26. The van der Waals surface area contributed by atoms with Crippen molar-refractivity contribution in [1.29, 1.82) is 0 Å². The molecule has 0 atom stereocenters. The number of nitrogens with one attached hydrogen (secondary N) is 4. The molecule has 2 aromatic carbocycles. The lowest BCUT2D eigenvalue weighted by Gasteiger charge is -2.12. The van der Waals surface area contributed by atoms with Gasteiger partial charge in [-0.3, -0.25) is 19.2 Å². The van der Waals surface area contributed by atoms with E-state index in [0.717, 1.165) is 25.7 Å². The average molecular weight is 481 g/mol. The van der Waals surface area contributed by atoms with Crippen molar-refractivity contribution >= 4 is 35.0 Å². The highest BCUT2D eigenvalue weighted by molar-refractivity contribution is 6.05. The molecule has 8 nitrogen and oxygen atoms in total. The fourth-order valence-electron chi connectivity index (χ4n) is 3.36. The molecule has 4 N–H and O–H groups in total. The van der Waals surface area contributed by atoms with E-state index >= 15 is 0 Å². The van der Waals surface area contributed by atoms with Gasteiger partial charge in [-0.15, -0.1) is 0 Å². The van der Waals surface area contributed by atoms with Gasteiger partial charge in [0.15, 0.2) is 0 Å². The van der Waals surface area contributed by atoms with Crippen LogP contribution in [0.25, 0.3) is 0 Å². The van der Waals surface area contributed by atoms with Crippen molar-refractivity contribution in [3.8, 4) is 0 Å². The van der Waals surface area contributed by atoms with Crippen molar-refractivity contribution in [2.75, 3.05) is 23.7 Å². The van der Waals surface area contributed by atoms with E-state index in [1.54, 1.807) is 48.5 Å². The molecule has 0 aromatic heterocycles. The van der Waals surface area contributed by atoms with Crippen LogP contribution in [-0.2, 0) is 9.59 Å². The summed E-state index contributed by atoms with van der Waals surface area (Å²) in [5.74, 6) is -1.01. The van der Waals surface area contributed by atoms with Crippen LogP contribution in [0.4, 0.5) is 11.4 Å². The molecule has 0 bridgehead atoms. The lowest BCUT2D eigenvalue weighted by molar-refractivity contribution is -0.117. The molecule has 35 heavy (non-hydrogen) atoms. The van der Waals surface area contributed by atoms with Gasteiger partial charge in [0.1, 0.15) is 0 Å². The summed E-state index contributed by atoms with van der Waals surface area (Å²) < 4.78 is 0. The van der Waals surface area contributed by atoms with E-state index in [4.69, 9.17) is 0 Å². The van der Waals surface area contributed by atoms with Gasteiger partial charge in [0.2, 0.25) is 11.8 Å². The second-order valence-electron chi connectivity index (χ2n) is 8.26. The van der Waals surface area contributed by atoms with Crippen LogP contribution in [0.15, 0.2) is 48.5 Å². The zero-order valence-electron chi connectivity index (χ0n) is 20.6. The molecule has 0 heterocycles. The maximum absolute atomic E-state index is 12.4. The Labute approximate surface area is 207 Å². The fourth-order valence-corrected chi connectivity index (χ4v) is 3.36. The predicted octanol–water partition coefficient (Wildman–Crippen LogP) is 4.49. The van der Waals surface area contributed by atoms with Crippen LogP contribution in [0.3, 0.4) is 0 Å². The highest BCUT2D eigenvalue weighted by Crippen LogP contribution is 2.17. The van der Waals surface area contributed by atoms with E-state index in [0.29, 0.717) is 42.0 Å². The Morgan fingerprint density at radius 3 is 1.40 bits per heavy atom. The fraction of sp³-hybridized carbons (Fsp3) is 0.407. The van der Waals surface area contributed by atoms with Gasteiger partial charge >= 0.3 is 0 Å². The number of hydrogen-bond acceptors (Lipinski definition) is 4. The van der Waals surface area contributed by atoms with Crippen LogP contribution in [0, 0.1) is 0 Å². The first-order valence-corrected chi connectivity index (χ1v) is 12.3. The Morgan fingerprint density at radius 2 is 1.00 bits per heavy atom. The number of para-hydroxylation sites is 2. The molecule has 188 valence electrons. The average Bonchev–Trinajstić information content (AvgIpc) is 2.85. The van der Waals surface area contributed by atoms with Gasteiger partial charge in [-0.1, -0.05) is 51.0 Å². The predicted molar refractivity (Wildman–Crippen MR) is 138 cm³/mol. The molecular formula is C27H36N4O4. The number of anilines is 2. The Bertz CT molecular complexity index is 927. The number of carbonyl (C=O) groups is 4. The van der Waals surface area contributed by atoms with Crippen LogP contribution in [0.5, 0.6) is 0 Å². The molecule has 0 fully saturated rings. The molecule has 0 saturated carbocycles. The van der Waals surface area contributed by atoms with Crippen LogP contribution in [0.2, 0.25) is 0 Å². The Morgan fingerprint density at radius 1 is 0.600 bits per heavy atom. The van der Waals surface area contributed by atoms with Crippen molar-refractivity contribution < 1.29 is 19.2 Å². The van der Waals surface area contributed by atoms with Crippen LogP contribution in [-0.4, -0.2) is 36.7 Å². The normalized spacial score (nSPS) is 10.3. The standard InChI is InChI=1S/C27H36N4O4/c1-3-5-18-28-26(34)20-12-7-9-14-22(20)30-24(32)16-11-17-25(33)31-23-15-10-8-13-21(23)27(35)29-19-6-4-2/h7-10,12-15H,3-6,11,16-19H2,1-2H3,(H,28,34)(H,29,35)(H,30,32)(H,31,33). The minimum Gasteiger partial charge on any atom is -0.352 e. The summed E-state index contributed by atoms with van der Waals surface area (Å²) in [6.07, 6.45) is 4.30. The lowest BCUT2D eigenvalue weighted by atomic mass is 10.1. The third-order valence-electron chi connectivity index (χ3n) is 5.33. The van der Waals surface area contributed by atoms with Crippen molar-refractivity contribution in [2.45, 2.75) is 58.8 Å². The first kappa shape index (κ1) is 27.6. The minimum absolute atomic E-state index is 0.123. The van der Waals surface area contributed by atoms with Gasteiger partial charge in [0.05, 0.1) is 22.5 Å². The second kappa shape index (κ2) is 15.3. The zero-order valence-corrected chi connectivity index (χ0v) is 20.6. The van der Waals surface area contributed by atoms with Gasteiger partial charge in [-0.25, -0.2) is 0 Å². The quantitative estimate of drug-likeness (QED) is 0.298. The summed E-state index contributed by atoms with van der Waals surface area (Å²) >= 11 is 0. The molecule has 0 aliphatic rings. The van der Waals surface area contributed by atoms with Crippen LogP contribution < -0.4 is 21.3 Å². The Balaban J connectivity index is 1.84. The summed E-state index contributed by atoms with van der Waals surface area (Å²) in [5.41, 5.74) is 1.70. The SMILES string of the molecule is CCCCNC(=O)c1ccccc1NC(=O)CCCC(=O)Nc1ccccc1C(=O)NCCCC. The number of carbonyl (C=O) groups excluding carboxylic acids is 4. The first-order valence-electron chi connectivity index (χ1n) is 12.3. The largest absolute Gasteiger partial charge is 0.352 e. The summed E-state index contributed by atoms with van der Waals surface area (Å²) in [5, 5.41) is 11.2. The number of benzene rings is 2. The summed E-state index contributed by atoms with van der Waals surface area (Å²) in [6, 6.07) is 13.7. The monoisotopic (exact) mass is 480 g/mol. The maximum Gasteiger partial charge on any atom is 0.253 e. The molecule has 0 aliphatic heterocycles. The molecule has 0 unspecified atom stereocenters. The highest BCUT2D eigenvalue weighted by atomic mass is 16.2. The maximum atomic E-state index is 12.4. The van der Waals surface area contributed by atoms with Crippen molar-refractivity contribution in [1.82, 2.24) is 10.6 Å². The molecule has 0 aliphatic carbocycles. The van der Waals surface area contributed by atoms with E-state index < -0.39 is 0 Å². The minimum atomic E-state index is -0.276. The van der Waals surface area contributed by atoms with Gasteiger partial charge in [-0.2, -0.15) is 0 Å². The summed E-state index contributed by atoms with van der Waals surface area (Å²) in [6.45, 7) is 5.25. The molecule has 8 heteroatoms. The third kappa shape index (κ3) is 9.60. The lowest BCUT2D eigenvalue weighted by Crippen LogP contribution is -2.26. The number of hydrogen-bond donors (Lipinski definition) is 4. The molecule has 0 radical (unpaired) electrons. The van der Waals surface area contributed by atoms with E-state index in [2.05, 4.69) is 21.3 Å². The van der Waals surface area contributed by atoms with Crippen LogP contribution in [0.1, 0.15) is 79.5 Å². The molecule has 0 spiro atoms. The van der Waals surface area contributed by atoms with E-state index in [9.17, 15) is 19.2 Å². The Hall–Kier alpha value is -3.68. The molecule has 4 amide bonds. The first-order chi connectivity index (χ1) is 17.0. The summed E-state index contributed by atoms with van der Waals surface area (Å²) in [4.78, 5) is 49.7. The van der Waals surface area contributed by atoms with Crippen molar-refractivity contribution in [3.05, 3.63) is 59.7 Å². The number of rotatable bonds is 14. The van der Waals surface area contributed by atoms with E-state index in [-0.39, 0.29) is 36.5 Å². The highest BCUT2D eigenvalue weighted by Gasteiger charge is 2.15. The topological polar surface area (TPSA) is 116 Å². The zero-order chi connectivity index (χ0) is 25.5. The Kier molecular flexibility index (Phi) is 12.0. The van der Waals surface area contributed by atoms with E-state index in [1.807, 2.05) is 13.8 Å². The van der Waals surface area contributed by atoms with Crippen LogP contribution >= 0.6 is 0 Å². The summed E-state index contributed by atoms with van der Waals surface area (Å²) in [7, 11) is 0. The molecular weight excluding hydrogens is 444 g/mol. The molecule has 2 rings (SSSR count). The van der Waals surface area contributed by atoms with Gasteiger partial charge in [0, 0.05) is 25.9 Å². The van der Waals surface area contributed by atoms with E-state index in [1.165, 1.54) is 0 Å². The number of unbranched alkanes of at least 4 members (excludes halogenated alkanes) is 2. The van der Waals surface area contributed by atoms with Gasteiger partial charge in [-0.05, 0) is 43.5 Å². The van der Waals surface area contributed by atoms with Crippen molar-refractivity contribution in [2.24, 2.45) is 0 Å². The number of amides is 4. The van der Waals surface area contributed by atoms with Crippen molar-refractivity contribution in [3.63, 3.8) is 0 Å². The smallest absolute Gasteiger partial charge is 0.253 e. The van der Waals surface area contributed by atoms with Gasteiger partial charge < -0.3 is 21.3 Å². The molecule has 0 saturated heterocycles.